The number of aliphatic imine (C=N–C) groups is 1. The van der Waals surface area contributed by atoms with E-state index in [0.29, 0.717) is 12.1 Å². The fourth-order valence-corrected chi connectivity index (χ4v) is 3.17. The smallest absolute Gasteiger partial charge is 0.248 e. The monoisotopic (exact) mass is 398 g/mol. The highest BCUT2D eigenvalue weighted by Crippen LogP contribution is 2.30. The maximum absolute atomic E-state index is 11.3. The molecule has 1 aromatic rings. The average molecular weight is 399 g/mol. The summed E-state index contributed by atoms with van der Waals surface area (Å²) in [7, 11) is 0. The number of benzene rings is 1. The quantitative estimate of drug-likeness (QED) is 0.761. The third-order valence-electron chi connectivity index (χ3n) is 3.93. The minimum atomic E-state index is -0.437. The lowest BCUT2D eigenvalue weighted by Crippen LogP contribution is -2.37. The molecule has 128 valence electrons. The number of carbonyl (C=O) groups is 1. The minimum Gasteiger partial charge on any atom is -0.366 e. The third kappa shape index (κ3) is 3.74. The van der Waals surface area contributed by atoms with Crippen LogP contribution < -0.4 is 11.1 Å². The van der Waals surface area contributed by atoms with Crippen LogP contribution in [0.4, 0.5) is 0 Å². The molecule has 0 saturated carbocycles. The van der Waals surface area contributed by atoms with Crippen molar-refractivity contribution in [3.8, 4) is 0 Å². The van der Waals surface area contributed by atoms with E-state index in [1.165, 1.54) is 0 Å². The summed E-state index contributed by atoms with van der Waals surface area (Å²) in [5.41, 5.74) is 9.81. The van der Waals surface area contributed by atoms with Crippen molar-refractivity contribution in [2.24, 2.45) is 10.7 Å². The Morgan fingerprint density at radius 3 is 2.96 bits per heavy atom. The lowest BCUT2D eigenvalue weighted by molar-refractivity contribution is 0.1000. The zero-order valence-corrected chi connectivity index (χ0v) is 15.5. The Labute approximate surface area is 155 Å². The Kier molecular flexibility index (Phi) is 4.90. The largest absolute Gasteiger partial charge is 0.366 e. The number of amides is 1. The highest BCUT2D eigenvalue weighted by molar-refractivity contribution is 9.11. The Morgan fingerprint density at radius 2 is 2.24 bits per heavy atom. The van der Waals surface area contributed by atoms with E-state index in [2.05, 4.69) is 44.9 Å². The molecule has 3 rings (SSSR count). The van der Waals surface area contributed by atoms with Crippen LogP contribution in [0.2, 0.25) is 0 Å². The maximum Gasteiger partial charge on any atom is 0.248 e. The number of allylic oxidation sites excluding steroid dienone is 3. The van der Waals surface area contributed by atoms with Crippen molar-refractivity contribution in [1.29, 1.82) is 0 Å². The molecule has 0 aliphatic carbocycles. The van der Waals surface area contributed by atoms with Crippen LogP contribution in [0.25, 0.3) is 0 Å². The fraction of sp³-hybridized carbons (Fsp3) is 0.158. The van der Waals surface area contributed by atoms with Gasteiger partial charge in [-0.25, -0.2) is 0 Å². The number of nitrogens with two attached hydrogens (primary N) is 1. The summed E-state index contributed by atoms with van der Waals surface area (Å²) in [5.74, 6) is 0.332. The SMILES string of the molecule is C=C(C)C1=CCC=C2C(=NCc3cccc(C(N)=O)c3)NC(Br)=CN12. The van der Waals surface area contributed by atoms with Gasteiger partial charge in [-0.05, 0) is 52.5 Å². The Balaban J connectivity index is 1.87. The maximum atomic E-state index is 11.3. The molecule has 2 aliphatic heterocycles. The number of carbonyl (C=O) groups excluding carboxylic acids is 1. The molecule has 3 N–H and O–H groups in total. The number of hydrogen-bond acceptors (Lipinski definition) is 3. The van der Waals surface area contributed by atoms with Crippen molar-refractivity contribution < 1.29 is 4.79 Å². The standard InChI is InChI=1S/C19H19BrN4O/c1-12(2)15-7-4-8-16-19(23-17(20)11-24(15)16)22-10-13-5-3-6-14(9-13)18(21)25/h3,5-9,11H,1,4,10H2,2H3,(H2,21,25)(H,22,23). The first-order chi connectivity index (χ1) is 12.0. The molecule has 2 heterocycles. The van der Waals surface area contributed by atoms with Crippen molar-refractivity contribution in [3.63, 3.8) is 0 Å². The molecule has 25 heavy (non-hydrogen) atoms. The molecule has 0 bridgehead atoms. The van der Waals surface area contributed by atoms with Crippen molar-refractivity contribution in [2.75, 3.05) is 0 Å². The Morgan fingerprint density at radius 1 is 1.44 bits per heavy atom. The molecule has 0 spiro atoms. The van der Waals surface area contributed by atoms with Gasteiger partial charge in [-0.1, -0.05) is 30.9 Å². The zero-order chi connectivity index (χ0) is 18.0. The van der Waals surface area contributed by atoms with Gasteiger partial charge >= 0.3 is 0 Å². The molecule has 1 amide bonds. The van der Waals surface area contributed by atoms with Crippen LogP contribution in [-0.2, 0) is 6.54 Å². The van der Waals surface area contributed by atoms with Crippen LogP contribution in [0.5, 0.6) is 0 Å². The van der Waals surface area contributed by atoms with Crippen LogP contribution in [0, 0.1) is 0 Å². The molecule has 0 fully saturated rings. The predicted octanol–water partition coefficient (Wildman–Crippen LogP) is 3.53. The van der Waals surface area contributed by atoms with Crippen LogP contribution in [0.15, 0.2) is 75.8 Å². The molecule has 2 aliphatic rings. The van der Waals surface area contributed by atoms with E-state index in [9.17, 15) is 4.79 Å². The predicted molar refractivity (Wildman–Crippen MR) is 104 cm³/mol. The summed E-state index contributed by atoms with van der Waals surface area (Å²) in [6.07, 6.45) is 7.06. The van der Waals surface area contributed by atoms with Crippen molar-refractivity contribution in [2.45, 2.75) is 19.9 Å². The van der Waals surface area contributed by atoms with Crippen LogP contribution in [0.1, 0.15) is 29.3 Å². The topological polar surface area (TPSA) is 70.7 Å². The molecule has 0 saturated heterocycles. The van der Waals surface area contributed by atoms with Gasteiger partial charge in [0.15, 0.2) is 5.84 Å². The second-order valence-corrected chi connectivity index (χ2v) is 6.75. The van der Waals surface area contributed by atoms with Crippen molar-refractivity contribution >= 4 is 27.7 Å². The van der Waals surface area contributed by atoms with Gasteiger partial charge in [0.2, 0.25) is 5.91 Å². The van der Waals surface area contributed by atoms with Gasteiger partial charge in [0, 0.05) is 17.5 Å². The second-order valence-electron chi connectivity index (χ2n) is 5.90. The number of fused-ring (bicyclic) bond motifs is 1. The van der Waals surface area contributed by atoms with Gasteiger partial charge in [-0.3, -0.25) is 9.79 Å². The number of hydrogen-bond donors (Lipinski definition) is 2. The number of halogens is 1. The molecule has 5 nitrogen and oxygen atoms in total. The second kappa shape index (κ2) is 7.11. The van der Waals surface area contributed by atoms with E-state index in [0.717, 1.165) is 39.4 Å². The summed E-state index contributed by atoms with van der Waals surface area (Å²) >= 11 is 3.51. The van der Waals surface area contributed by atoms with Gasteiger partial charge in [-0.2, -0.15) is 0 Å². The summed E-state index contributed by atoms with van der Waals surface area (Å²) in [4.78, 5) is 18.1. The molecule has 1 aromatic carbocycles. The lowest BCUT2D eigenvalue weighted by Gasteiger charge is -2.34. The number of nitrogens with one attached hydrogen (secondary N) is 1. The van der Waals surface area contributed by atoms with E-state index >= 15 is 0 Å². The van der Waals surface area contributed by atoms with Gasteiger partial charge in [-0.15, -0.1) is 0 Å². The average Bonchev–Trinajstić information content (AvgIpc) is 2.59. The van der Waals surface area contributed by atoms with E-state index in [1.807, 2.05) is 25.3 Å². The van der Waals surface area contributed by atoms with Crippen molar-refractivity contribution in [3.05, 3.63) is 81.9 Å². The summed E-state index contributed by atoms with van der Waals surface area (Å²) < 4.78 is 0.823. The summed E-state index contributed by atoms with van der Waals surface area (Å²) in [6.45, 7) is 6.49. The Hall–Kier alpha value is -2.60. The number of nitrogens with zero attached hydrogens (tertiary/aromatic N) is 2. The van der Waals surface area contributed by atoms with E-state index in [4.69, 9.17) is 10.7 Å². The molecule has 0 unspecified atom stereocenters. The molecular weight excluding hydrogens is 380 g/mol. The first kappa shape index (κ1) is 17.2. The summed E-state index contributed by atoms with van der Waals surface area (Å²) in [6, 6.07) is 7.21. The van der Waals surface area contributed by atoms with Crippen LogP contribution in [0.3, 0.4) is 0 Å². The Bertz CT molecular complexity index is 864. The lowest BCUT2D eigenvalue weighted by atomic mass is 10.1. The zero-order valence-electron chi connectivity index (χ0n) is 13.9. The van der Waals surface area contributed by atoms with E-state index in [1.54, 1.807) is 12.1 Å². The molecule has 0 aromatic heterocycles. The fourth-order valence-electron chi connectivity index (χ4n) is 2.77. The number of rotatable bonds is 4. The first-order valence-corrected chi connectivity index (χ1v) is 8.68. The highest BCUT2D eigenvalue weighted by atomic mass is 79.9. The van der Waals surface area contributed by atoms with E-state index in [-0.39, 0.29) is 0 Å². The van der Waals surface area contributed by atoms with Crippen LogP contribution >= 0.6 is 15.9 Å². The molecule has 6 heteroatoms. The van der Waals surface area contributed by atoms with Gasteiger partial charge < -0.3 is 16.0 Å². The van der Waals surface area contributed by atoms with Gasteiger partial charge in [0.05, 0.1) is 12.2 Å². The minimum absolute atomic E-state index is 0.437. The first-order valence-electron chi connectivity index (χ1n) is 7.89. The van der Waals surface area contributed by atoms with Crippen molar-refractivity contribution in [1.82, 2.24) is 10.2 Å². The summed E-state index contributed by atoms with van der Waals surface area (Å²) in [5, 5.41) is 3.25. The third-order valence-corrected chi connectivity index (χ3v) is 4.34. The van der Waals surface area contributed by atoms with Gasteiger partial charge in [0.25, 0.3) is 0 Å². The number of amidine groups is 1. The van der Waals surface area contributed by atoms with Gasteiger partial charge in [0.1, 0.15) is 4.61 Å². The highest BCUT2D eigenvalue weighted by Gasteiger charge is 2.25. The normalized spacial score (nSPS) is 17.9. The van der Waals surface area contributed by atoms with E-state index < -0.39 is 5.91 Å². The molecule has 0 atom stereocenters. The molecular formula is C19H19BrN4O. The number of primary amides is 1. The molecule has 0 radical (unpaired) electrons. The van der Waals surface area contributed by atoms with Crippen LogP contribution in [-0.4, -0.2) is 16.6 Å².